The van der Waals surface area contributed by atoms with Crippen molar-refractivity contribution < 1.29 is 29.3 Å². The molecule has 3 rings (SSSR count). The van der Waals surface area contributed by atoms with Crippen molar-refractivity contribution in [2.45, 2.75) is 96.8 Å². The van der Waals surface area contributed by atoms with Gasteiger partial charge in [-0.05, 0) is 99.0 Å². The van der Waals surface area contributed by atoms with E-state index in [2.05, 4.69) is 44.3 Å². The smallest absolute Gasteiger partial charge is 0.335 e. The number of rotatable bonds is 17. The predicted molar refractivity (Wildman–Crippen MR) is 167 cm³/mol. The van der Waals surface area contributed by atoms with Crippen LogP contribution in [0.4, 0.5) is 0 Å². The van der Waals surface area contributed by atoms with Gasteiger partial charge >= 0.3 is 11.9 Å². The van der Waals surface area contributed by atoms with Crippen LogP contribution in [-0.2, 0) is 31.9 Å². The fraction of sp³-hybridized carbons (Fsp3) is 0.667. The quantitative estimate of drug-likeness (QED) is 0.120. The van der Waals surface area contributed by atoms with Gasteiger partial charge < -0.3 is 19.7 Å². The van der Waals surface area contributed by atoms with Crippen LogP contribution in [0.25, 0.3) is 0 Å². The van der Waals surface area contributed by atoms with Crippen LogP contribution in [0.1, 0.15) is 95.1 Å². The third kappa shape index (κ3) is 11.0. The predicted octanol–water partition coefficient (Wildman–Crippen LogP) is 6.76. The molecule has 2 saturated carbocycles. The summed E-state index contributed by atoms with van der Waals surface area (Å²) in [4.78, 5) is 24.2. The molecule has 234 valence electrons. The van der Waals surface area contributed by atoms with E-state index >= 15 is 0 Å². The third-order valence-electron chi connectivity index (χ3n) is 9.79. The molecule has 0 radical (unpaired) electrons. The fourth-order valence-electron chi connectivity index (χ4n) is 6.88. The van der Waals surface area contributed by atoms with Crippen molar-refractivity contribution in [3.05, 3.63) is 59.7 Å². The average molecular weight is 583 g/mol. The molecular formula is C36H54O6. The molecule has 0 heterocycles. The highest BCUT2D eigenvalue weighted by molar-refractivity contribution is 5.88. The molecule has 1 aromatic carbocycles. The molecule has 0 spiro atoms. The number of esters is 2. The highest BCUT2D eigenvalue weighted by Crippen LogP contribution is 2.43. The summed E-state index contributed by atoms with van der Waals surface area (Å²) in [5.74, 6) is 1.24. The van der Waals surface area contributed by atoms with Crippen molar-refractivity contribution in [1.82, 2.24) is 0 Å². The monoisotopic (exact) mass is 582 g/mol. The Bertz CT molecular complexity index is 951. The van der Waals surface area contributed by atoms with Gasteiger partial charge in [0.05, 0.1) is 37.6 Å². The molecule has 1 aromatic rings. The number of carbonyl (C=O) groups is 2. The second kappa shape index (κ2) is 18.3. The van der Waals surface area contributed by atoms with E-state index in [1.807, 2.05) is 0 Å². The normalized spacial score (nSPS) is 22.5. The van der Waals surface area contributed by atoms with Gasteiger partial charge in [-0.25, -0.2) is 9.59 Å². The van der Waals surface area contributed by atoms with Gasteiger partial charge in [-0.3, -0.25) is 0 Å². The number of aliphatic hydroxyl groups is 2. The molecular weight excluding hydrogens is 528 g/mol. The number of aliphatic hydroxyl groups excluding tert-OH is 2. The molecule has 2 N–H and O–H groups in total. The van der Waals surface area contributed by atoms with E-state index in [1.54, 1.807) is 0 Å². The van der Waals surface area contributed by atoms with Gasteiger partial charge in [0.2, 0.25) is 0 Å². The Morgan fingerprint density at radius 1 is 0.762 bits per heavy atom. The van der Waals surface area contributed by atoms with Crippen molar-refractivity contribution in [3.8, 4) is 0 Å². The zero-order chi connectivity index (χ0) is 30.3. The van der Waals surface area contributed by atoms with E-state index in [4.69, 9.17) is 9.47 Å². The third-order valence-corrected chi connectivity index (χ3v) is 9.79. The lowest BCUT2D eigenvalue weighted by atomic mass is 9.67. The minimum atomic E-state index is -0.626. The summed E-state index contributed by atoms with van der Waals surface area (Å²) in [5.41, 5.74) is 2.96. The van der Waals surface area contributed by atoms with E-state index in [9.17, 15) is 19.8 Å². The van der Waals surface area contributed by atoms with Gasteiger partial charge in [-0.15, -0.1) is 0 Å². The highest BCUT2D eigenvalue weighted by atomic mass is 16.5. The lowest BCUT2D eigenvalue weighted by Crippen LogP contribution is -2.33. The Morgan fingerprint density at radius 2 is 1.24 bits per heavy atom. The van der Waals surface area contributed by atoms with Crippen LogP contribution < -0.4 is 0 Å². The molecule has 6 nitrogen and oxygen atoms in total. The Labute approximate surface area is 253 Å². The summed E-state index contributed by atoms with van der Waals surface area (Å²) in [6, 6.07) is 9.33. The summed E-state index contributed by atoms with van der Waals surface area (Å²) in [6.07, 6.45) is 17.2. The second-order valence-corrected chi connectivity index (χ2v) is 12.7. The summed E-state index contributed by atoms with van der Waals surface area (Å²) in [5, 5.41) is 18.3. The van der Waals surface area contributed by atoms with Gasteiger partial charge in [0.1, 0.15) is 0 Å². The number of benzene rings is 1. The lowest BCUT2D eigenvalue weighted by Gasteiger charge is -2.39. The number of ether oxygens (including phenoxy) is 2. The van der Waals surface area contributed by atoms with E-state index in [0.29, 0.717) is 0 Å². The molecule has 0 bridgehead atoms. The zero-order valence-corrected chi connectivity index (χ0v) is 25.9. The zero-order valence-electron chi connectivity index (χ0n) is 25.9. The van der Waals surface area contributed by atoms with Gasteiger partial charge in [0, 0.05) is 5.92 Å². The second-order valence-electron chi connectivity index (χ2n) is 12.7. The Hall–Kier alpha value is -2.44. The first-order valence-corrected chi connectivity index (χ1v) is 16.3. The molecule has 0 atom stereocenters. The molecule has 0 aromatic heterocycles. The van der Waals surface area contributed by atoms with Crippen LogP contribution in [0.3, 0.4) is 0 Å². The first-order chi connectivity index (χ1) is 20.3. The van der Waals surface area contributed by atoms with E-state index in [1.165, 1.54) is 75.3 Å². The summed E-state index contributed by atoms with van der Waals surface area (Å²) < 4.78 is 10.8. The van der Waals surface area contributed by atoms with Gasteiger partial charge in [0.25, 0.3) is 0 Å². The van der Waals surface area contributed by atoms with Crippen LogP contribution in [0.15, 0.2) is 48.6 Å². The van der Waals surface area contributed by atoms with Crippen LogP contribution in [-0.4, -0.2) is 48.6 Å². The Kier molecular flexibility index (Phi) is 14.8. The first-order valence-electron chi connectivity index (χ1n) is 16.3. The number of unbranched alkanes of at least 4 members (excludes halogenated alkanes) is 2. The maximum atomic E-state index is 12.1. The van der Waals surface area contributed by atoms with E-state index in [-0.39, 0.29) is 36.2 Å². The van der Waals surface area contributed by atoms with Crippen molar-refractivity contribution in [2.24, 2.45) is 29.6 Å². The standard InChI is InChI=1S/C36H54O6/c1-4-5-6-7-28-8-10-29(11-9-28)12-13-30-14-16-31(17-15-30)32-18-20-33(21-19-32)34(24-41-35(39)26(2)22-37)25-42-36(40)27(3)23-38/h8-11,30-34,37-38H,2-7,12-25H2,1H3. The van der Waals surface area contributed by atoms with Crippen LogP contribution in [0.2, 0.25) is 0 Å². The van der Waals surface area contributed by atoms with Crippen molar-refractivity contribution in [1.29, 1.82) is 0 Å². The minimum Gasteiger partial charge on any atom is -0.462 e. The Balaban J connectivity index is 1.41. The molecule has 2 aliphatic rings. The molecule has 2 fully saturated rings. The fourth-order valence-corrected chi connectivity index (χ4v) is 6.88. The lowest BCUT2D eigenvalue weighted by molar-refractivity contribution is -0.146. The van der Waals surface area contributed by atoms with Crippen molar-refractivity contribution in [3.63, 3.8) is 0 Å². The average Bonchev–Trinajstić information content (AvgIpc) is 3.03. The molecule has 42 heavy (non-hydrogen) atoms. The molecule has 0 amide bonds. The SMILES string of the molecule is C=C(CO)C(=O)OCC(COC(=O)C(=C)CO)C1CCC(C2CCC(CCc3ccc(CCCCC)cc3)CC2)CC1. The van der Waals surface area contributed by atoms with E-state index < -0.39 is 25.2 Å². The van der Waals surface area contributed by atoms with Crippen molar-refractivity contribution in [2.75, 3.05) is 26.4 Å². The number of hydrogen-bond acceptors (Lipinski definition) is 6. The van der Waals surface area contributed by atoms with Crippen LogP contribution in [0.5, 0.6) is 0 Å². The number of aryl methyl sites for hydroxylation is 2. The molecule has 0 saturated heterocycles. The van der Waals surface area contributed by atoms with Gasteiger partial charge in [-0.1, -0.05) is 70.0 Å². The first kappa shape index (κ1) is 34.1. The van der Waals surface area contributed by atoms with Crippen LogP contribution in [0, 0.1) is 29.6 Å². The van der Waals surface area contributed by atoms with Gasteiger partial charge in [0.15, 0.2) is 0 Å². The highest BCUT2D eigenvalue weighted by Gasteiger charge is 2.34. The number of carbonyl (C=O) groups excluding carboxylic acids is 2. The molecule has 2 aliphatic carbocycles. The number of hydrogen-bond donors (Lipinski definition) is 2. The maximum Gasteiger partial charge on any atom is 0.335 e. The molecule has 0 unspecified atom stereocenters. The van der Waals surface area contributed by atoms with Gasteiger partial charge in [-0.2, -0.15) is 0 Å². The summed E-state index contributed by atoms with van der Waals surface area (Å²) >= 11 is 0. The topological polar surface area (TPSA) is 93.1 Å². The van der Waals surface area contributed by atoms with Crippen LogP contribution >= 0.6 is 0 Å². The van der Waals surface area contributed by atoms with E-state index in [0.717, 1.165) is 43.4 Å². The largest absolute Gasteiger partial charge is 0.462 e. The summed E-state index contributed by atoms with van der Waals surface area (Å²) in [7, 11) is 0. The molecule has 0 aliphatic heterocycles. The summed E-state index contributed by atoms with van der Waals surface area (Å²) in [6.45, 7) is 8.64. The maximum absolute atomic E-state index is 12.1. The van der Waals surface area contributed by atoms with Crippen molar-refractivity contribution >= 4 is 11.9 Å². The minimum absolute atomic E-state index is 0.00873. The Morgan fingerprint density at radius 3 is 1.71 bits per heavy atom. The molecule has 6 heteroatoms.